The summed E-state index contributed by atoms with van der Waals surface area (Å²) in [6.07, 6.45) is 2.97. The van der Waals surface area contributed by atoms with Gasteiger partial charge in [-0.1, -0.05) is 23.5 Å². The molecule has 0 unspecified atom stereocenters. The molecule has 0 aliphatic carbocycles. The number of ether oxygens (including phenoxy) is 1. The first kappa shape index (κ1) is 26.2. The first-order chi connectivity index (χ1) is 17.6. The van der Waals surface area contributed by atoms with Gasteiger partial charge in [-0.05, 0) is 50.6 Å². The number of hydrogen-bond donors (Lipinski definition) is 2. The van der Waals surface area contributed by atoms with Crippen LogP contribution in [0.1, 0.15) is 47.2 Å². The third kappa shape index (κ3) is 6.89. The monoisotopic (exact) mass is 522 g/mol. The molecular formula is C26H30N6O4S. The fraction of sp³-hybridized carbons (Fsp3) is 0.346. The number of pyridine rings is 1. The number of rotatable bonds is 6. The molecule has 37 heavy (non-hydrogen) atoms. The van der Waals surface area contributed by atoms with Crippen molar-refractivity contribution in [3.8, 4) is 10.6 Å². The highest BCUT2D eigenvalue weighted by Crippen LogP contribution is 2.32. The summed E-state index contributed by atoms with van der Waals surface area (Å²) in [7, 11) is 0. The van der Waals surface area contributed by atoms with Gasteiger partial charge in [0.1, 0.15) is 15.6 Å². The Bertz CT molecular complexity index is 1260. The van der Waals surface area contributed by atoms with Crippen molar-refractivity contribution in [1.82, 2.24) is 19.8 Å². The number of amides is 3. The summed E-state index contributed by atoms with van der Waals surface area (Å²) in [4.78, 5) is 49.3. The van der Waals surface area contributed by atoms with Gasteiger partial charge >= 0.3 is 6.09 Å². The molecular weight excluding hydrogens is 492 g/mol. The standard InChI is InChI=1S/C26H30N6O4S/c1-26(2,3)36-25(35)32-14-12-31(13-15-32)16-17-4-6-18(7-5-17)22(34)30-24-20(21(27)33)29-23(37-24)19-8-10-28-11-9-19/h4-11H,12-16H2,1-3H3,(H2,27,33)(H,30,34). The predicted molar refractivity (Wildman–Crippen MR) is 141 cm³/mol. The molecule has 11 heteroatoms. The summed E-state index contributed by atoms with van der Waals surface area (Å²) in [6, 6.07) is 10.8. The Hall–Kier alpha value is -3.83. The highest BCUT2D eigenvalue weighted by Gasteiger charge is 2.26. The van der Waals surface area contributed by atoms with Crippen LogP contribution in [-0.4, -0.2) is 69.5 Å². The number of hydrogen-bond acceptors (Lipinski definition) is 8. The third-order valence-corrected chi connectivity index (χ3v) is 6.68. The van der Waals surface area contributed by atoms with Crippen molar-refractivity contribution >= 4 is 34.2 Å². The Kier molecular flexibility index (Phi) is 7.84. The van der Waals surface area contributed by atoms with Crippen LogP contribution in [0.3, 0.4) is 0 Å². The van der Waals surface area contributed by atoms with Crippen LogP contribution >= 0.6 is 11.3 Å². The molecule has 1 fully saturated rings. The highest BCUT2D eigenvalue weighted by molar-refractivity contribution is 7.19. The van der Waals surface area contributed by atoms with E-state index in [1.807, 2.05) is 32.9 Å². The van der Waals surface area contributed by atoms with Crippen LogP contribution in [0.5, 0.6) is 0 Å². The Morgan fingerprint density at radius 2 is 1.68 bits per heavy atom. The smallest absolute Gasteiger partial charge is 0.410 e. The lowest BCUT2D eigenvalue weighted by Gasteiger charge is -2.35. The summed E-state index contributed by atoms with van der Waals surface area (Å²) < 4.78 is 5.45. The Morgan fingerprint density at radius 1 is 1.03 bits per heavy atom. The maximum absolute atomic E-state index is 12.9. The lowest BCUT2D eigenvalue weighted by molar-refractivity contribution is 0.0139. The maximum Gasteiger partial charge on any atom is 0.410 e. The summed E-state index contributed by atoms with van der Waals surface area (Å²) >= 11 is 1.18. The number of benzene rings is 1. The number of thiazole rings is 1. The van der Waals surface area contributed by atoms with Crippen molar-refractivity contribution in [1.29, 1.82) is 0 Å². The average Bonchev–Trinajstić information content (AvgIpc) is 3.28. The van der Waals surface area contributed by atoms with E-state index < -0.39 is 11.5 Å². The van der Waals surface area contributed by atoms with Crippen molar-refractivity contribution in [2.75, 3.05) is 31.5 Å². The number of primary amides is 1. The van der Waals surface area contributed by atoms with Crippen molar-refractivity contribution in [2.24, 2.45) is 5.73 Å². The minimum Gasteiger partial charge on any atom is -0.444 e. The van der Waals surface area contributed by atoms with Crippen LogP contribution in [0.2, 0.25) is 0 Å². The van der Waals surface area contributed by atoms with E-state index in [-0.39, 0.29) is 17.7 Å². The Morgan fingerprint density at radius 3 is 2.27 bits per heavy atom. The molecule has 1 aromatic carbocycles. The van der Waals surface area contributed by atoms with Gasteiger partial charge in [-0.3, -0.25) is 19.5 Å². The number of carbonyl (C=O) groups is 3. The molecule has 3 N–H and O–H groups in total. The number of anilines is 1. The van der Waals surface area contributed by atoms with Gasteiger partial charge in [-0.2, -0.15) is 0 Å². The quantitative estimate of drug-likeness (QED) is 0.506. The Labute approximate surface area is 219 Å². The van der Waals surface area contributed by atoms with E-state index in [4.69, 9.17) is 10.5 Å². The first-order valence-electron chi connectivity index (χ1n) is 11.9. The van der Waals surface area contributed by atoms with Gasteiger partial charge in [0.25, 0.3) is 11.8 Å². The molecule has 1 aliphatic heterocycles. The molecule has 0 atom stereocenters. The molecule has 3 amide bonds. The van der Waals surface area contributed by atoms with Gasteiger partial charge in [-0.15, -0.1) is 0 Å². The van der Waals surface area contributed by atoms with Crippen LogP contribution in [0.25, 0.3) is 10.6 Å². The molecule has 194 valence electrons. The van der Waals surface area contributed by atoms with Crippen molar-refractivity contribution in [3.05, 3.63) is 65.6 Å². The van der Waals surface area contributed by atoms with Gasteiger partial charge < -0.3 is 20.7 Å². The van der Waals surface area contributed by atoms with Gasteiger partial charge in [0.2, 0.25) is 0 Å². The SMILES string of the molecule is CC(C)(C)OC(=O)N1CCN(Cc2ccc(C(=O)Nc3sc(-c4ccncc4)nc3C(N)=O)cc2)CC1. The molecule has 0 radical (unpaired) electrons. The van der Waals surface area contributed by atoms with Crippen molar-refractivity contribution in [3.63, 3.8) is 0 Å². The lowest BCUT2D eigenvalue weighted by atomic mass is 10.1. The molecule has 0 bridgehead atoms. The third-order valence-electron chi connectivity index (χ3n) is 5.66. The van der Waals surface area contributed by atoms with E-state index in [9.17, 15) is 14.4 Å². The normalized spacial score (nSPS) is 14.3. The second-order valence-corrected chi connectivity index (χ2v) is 10.7. The van der Waals surface area contributed by atoms with Gasteiger partial charge in [0.15, 0.2) is 5.69 Å². The fourth-order valence-corrected chi connectivity index (χ4v) is 4.77. The number of aromatic nitrogens is 2. The van der Waals surface area contributed by atoms with E-state index in [1.165, 1.54) is 11.3 Å². The van der Waals surface area contributed by atoms with Crippen LogP contribution < -0.4 is 11.1 Å². The van der Waals surface area contributed by atoms with Crippen LogP contribution in [-0.2, 0) is 11.3 Å². The molecule has 3 heterocycles. The van der Waals surface area contributed by atoms with Crippen LogP contribution in [0, 0.1) is 0 Å². The number of piperazine rings is 1. The van der Waals surface area contributed by atoms with E-state index >= 15 is 0 Å². The van der Waals surface area contributed by atoms with Gasteiger partial charge in [0.05, 0.1) is 0 Å². The van der Waals surface area contributed by atoms with E-state index in [0.29, 0.717) is 35.2 Å². The van der Waals surface area contributed by atoms with E-state index in [1.54, 1.807) is 41.6 Å². The minimum atomic E-state index is -0.714. The molecule has 4 rings (SSSR count). The average molecular weight is 523 g/mol. The fourth-order valence-electron chi connectivity index (χ4n) is 3.80. The lowest BCUT2D eigenvalue weighted by Crippen LogP contribution is -2.49. The summed E-state index contributed by atoms with van der Waals surface area (Å²) in [6.45, 7) is 8.98. The minimum absolute atomic E-state index is 0.0207. The Balaban J connectivity index is 1.35. The summed E-state index contributed by atoms with van der Waals surface area (Å²) in [5.74, 6) is -1.07. The van der Waals surface area contributed by atoms with Gasteiger partial charge in [0, 0.05) is 56.2 Å². The van der Waals surface area contributed by atoms with E-state index in [2.05, 4.69) is 20.2 Å². The largest absolute Gasteiger partial charge is 0.444 e. The second-order valence-electron chi connectivity index (χ2n) is 9.69. The van der Waals surface area contributed by atoms with E-state index in [0.717, 1.165) is 24.2 Å². The summed E-state index contributed by atoms with van der Waals surface area (Å²) in [5.41, 5.74) is 7.28. The highest BCUT2D eigenvalue weighted by atomic mass is 32.1. The zero-order valence-corrected chi connectivity index (χ0v) is 21.9. The topological polar surface area (TPSA) is 131 Å². The molecule has 10 nitrogen and oxygen atoms in total. The molecule has 1 aliphatic rings. The number of nitrogens with one attached hydrogen (secondary N) is 1. The molecule has 0 spiro atoms. The van der Waals surface area contributed by atoms with Crippen molar-refractivity contribution in [2.45, 2.75) is 32.9 Å². The molecule has 0 saturated carbocycles. The molecule has 3 aromatic rings. The molecule has 1 saturated heterocycles. The first-order valence-corrected chi connectivity index (χ1v) is 12.7. The van der Waals surface area contributed by atoms with Crippen LogP contribution in [0.4, 0.5) is 9.80 Å². The predicted octanol–water partition coefficient (Wildman–Crippen LogP) is 3.61. The van der Waals surface area contributed by atoms with Crippen molar-refractivity contribution < 1.29 is 19.1 Å². The summed E-state index contributed by atoms with van der Waals surface area (Å²) in [5, 5.41) is 3.64. The number of carbonyl (C=O) groups excluding carboxylic acids is 3. The zero-order valence-electron chi connectivity index (χ0n) is 21.1. The zero-order chi connectivity index (χ0) is 26.6. The van der Waals surface area contributed by atoms with Gasteiger partial charge in [-0.25, -0.2) is 9.78 Å². The number of nitrogens with zero attached hydrogens (tertiary/aromatic N) is 4. The van der Waals surface area contributed by atoms with Crippen LogP contribution in [0.15, 0.2) is 48.8 Å². The number of nitrogens with two attached hydrogens (primary N) is 1. The maximum atomic E-state index is 12.9. The second kappa shape index (κ2) is 11.1. The molecule has 2 aromatic heterocycles.